The fourth-order valence-corrected chi connectivity index (χ4v) is 4.23. The van der Waals surface area contributed by atoms with Crippen molar-refractivity contribution in [3.63, 3.8) is 0 Å². The number of piperazine rings is 2. The van der Waals surface area contributed by atoms with Gasteiger partial charge in [0.1, 0.15) is 11.5 Å². The summed E-state index contributed by atoms with van der Waals surface area (Å²) in [5.41, 5.74) is 1.16. The molecule has 8 heteroatoms. The van der Waals surface area contributed by atoms with Gasteiger partial charge in [-0.05, 0) is 32.3 Å². The van der Waals surface area contributed by atoms with E-state index in [2.05, 4.69) is 50.1 Å². The SMILES string of the molecule is CN=C(NCC1CN(C)CCN1C)N1CCN(Cc2cc(OC)ccc2OC)CC1. The summed E-state index contributed by atoms with van der Waals surface area (Å²) in [4.78, 5) is 14.2. The van der Waals surface area contributed by atoms with Crippen molar-refractivity contribution in [1.82, 2.24) is 24.9 Å². The first-order chi connectivity index (χ1) is 14.5. The number of rotatable bonds is 6. The van der Waals surface area contributed by atoms with Gasteiger partial charge in [0.05, 0.1) is 14.2 Å². The van der Waals surface area contributed by atoms with Crippen molar-refractivity contribution in [1.29, 1.82) is 0 Å². The molecule has 2 aliphatic heterocycles. The van der Waals surface area contributed by atoms with E-state index in [0.29, 0.717) is 6.04 Å². The second-order valence-corrected chi connectivity index (χ2v) is 8.27. The van der Waals surface area contributed by atoms with Gasteiger partial charge in [0.25, 0.3) is 0 Å². The minimum Gasteiger partial charge on any atom is -0.497 e. The van der Waals surface area contributed by atoms with Crippen LogP contribution in [0.1, 0.15) is 5.56 Å². The maximum atomic E-state index is 5.54. The molecule has 2 heterocycles. The second-order valence-electron chi connectivity index (χ2n) is 8.27. The molecule has 0 amide bonds. The molecule has 2 fully saturated rings. The Morgan fingerprint density at radius 1 is 1.07 bits per heavy atom. The van der Waals surface area contributed by atoms with Crippen LogP contribution in [0.5, 0.6) is 11.5 Å². The predicted octanol–water partition coefficient (Wildman–Crippen LogP) is 0.643. The van der Waals surface area contributed by atoms with Gasteiger partial charge in [-0.15, -0.1) is 0 Å². The van der Waals surface area contributed by atoms with Crippen molar-refractivity contribution in [3.05, 3.63) is 23.8 Å². The van der Waals surface area contributed by atoms with Crippen LogP contribution in [-0.4, -0.2) is 119 Å². The first-order valence-electron chi connectivity index (χ1n) is 10.8. The molecule has 0 spiro atoms. The van der Waals surface area contributed by atoms with Gasteiger partial charge in [-0.3, -0.25) is 14.8 Å². The molecule has 8 nitrogen and oxygen atoms in total. The number of hydrogen-bond donors (Lipinski definition) is 1. The second kappa shape index (κ2) is 10.8. The van der Waals surface area contributed by atoms with E-state index >= 15 is 0 Å². The Morgan fingerprint density at radius 3 is 2.50 bits per heavy atom. The molecule has 168 valence electrons. The number of nitrogens with one attached hydrogen (secondary N) is 1. The summed E-state index contributed by atoms with van der Waals surface area (Å²) in [6.07, 6.45) is 0. The lowest BCUT2D eigenvalue weighted by molar-refractivity contribution is 0.115. The van der Waals surface area contributed by atoms with Gasteiger partial charge in [0.2, 0.25) is 0 Å². The third kappa shape index (κ3) is 5.77. The summed E-state index contributed by atoms with van der Waals surface area (Å²) in [5, 5.41) is 3.61. The van der Waals surface area contributed by atoms with Crippen LogP contribution < -0.4 is 14.8 Å². The molecule has 0 aromatic heterocycles. The summed E-state index contributed by atoms with van der Waals surface area (Å²) in [6, 6.07) is 6.51. The largest absolute Gasteiger partial charge is 0.497 e. The zero-order valence-electron chi connectivity index (χ0n) is 19.2. The average molecular weight is 419 g/mol. The molecule has 0 aliphatic carbocycles. The summed E-state index contributed by atoms with van der Waals surface area (Å²) in [5.74, 6) is 2.79. The summed E-state index contributed by atoms with van der Waals surface area (Å²) < 4.78 is 10.9. The van der Waals surface area contributed by atoms with Gasteiger partial charge in [-0.1, -0.05) is 0 Å². The van der Waals surface area contributed by atoms with E-state index in [1.165, 1.54) is 0 Å². The maximum absolute atomic E-state index is 5.54. The number of likely N-dealkylation sites (N-methyl/N-ethyl adjacent to an activating group) is 2. The third-order valence-electron chi connectivity index (χ3n) is 6.24. The van der Waals surface area contributed by atoms with Crippen molar-refractivity contribution < 1.29 is 9.47 Å². The van der Waals surface area contributed by atoms with Crippen LogP contribution >= 0.6 is 0 Å². The van der Waals surface area contributed by atoms with Gasteiger partial charge in [-0.2, -0.15) is 0 Å². The Labute approximate surface area is 181 Å². The Morgan fingerprint density at radius 2 is 1.83 bits per heavy atom. The quantitative estimate of drug-likeness (QED) is 0.538. The van der Waals surface area contributed by atoms with Crippen LogP contribution in [0.2, 0.25) is 0 Å². The molecule has 0 bridgehead atoms. The molecule has 1 aromatic carbocycles. The average Bonchev–Trinajstić information content (AvgIpc) is 2.77. The molecule has 1 aromatic rings. The first-order valence-corrected chi connectivity index (χ1v) is 10.8. The third-order valence-corrected chi connectivity index (χ3v) is 6.24. The van der Waals surface area contributed by atoms with Crippen molar-refractivity contribution in [2.45, 2.75) is 12.6 Å². The van der Waals surface area contributed by atoms with Gasteiger partial charge >= 0.3 is 0 Å². The molecule has 0 radical (unpaired) electrons. The van der Waals surface area contributed by atoms with Gasteiger partial charge in [0, 0.05) is 77.6 Å². The Kier molecular flexibility index (Phi) is 8.18. The smallest absolute Gasteiger partial charge is 0.193 e. The normalized spacial score (nSPS) is 22.2. The maximum Gasteiger partial charge on any atom is 0.193 e. The summed E-state index contributed by atoms with van der Waals surface area (Å²) in [6.45, 7) is 9.05. The fourth-order valence-electron chi connectivity index (χ4n) is 4.23. The van der Waals surface area contributed by atoms with E-state index in [4.69, 9.17) is 9.47 Å². The number of benzene rings is 1. The van der Waals surface area contributed by atoms with Crippen LogP contribution in [0, 0.1) is 0 Å². The highest BCUT2D eigenvalue weighted by Gasteiger charge is 2.24. The van der Waals surface area contributed by atoms with Crippen LogP contribution in [0.25, 0.3) is 0 Å². The van der Waals surface area contributed by atoms with Crippen LogP contribution in [0.15, 0.2) is 23.2 Å². The first kappa shape index (κ1) is 22.7. The Hall–Kier alpha value is -2.03. The molecule has 1 atom stereocenters. The van der Waals surface area contributed by atoms with Gasteiger partial charge < -0.3 is 24.6 Å². The van der Waals surface area contributed by atoms with E-state index in [9.17, 15) is 0 Å². The summed E-state index contributed by atoms with van der Waals surface area (Å²) >= 11 is 0. The van der Waals surface area contributed by atoms with E-state index in [-0.39, 0.29) is 0 Å². The van der Waals surface area contributed by atoms with E-state index in [1.54, 1.807) is 14.2 Å². The molecular weight excluding hydrogens is 380 g/mol. The molecule has 1 unspecified atom stereocenters. The molecule has 2 saturated heterocycles. The van der Waals surface area contributed by atoms with Gasteiger partial charge in [0.15, 0.2) is 5.96 Å². The number of guanidine groups is 1. The van der Waals surface area contributed by atoms with Crippen LogP contribution in [0.4, 0.5) is 0 Å². The zero-order chi connectivity index (χ0) is 21.5. The monoisotopic (exact) mass is 418 g/mol. The molecule has 30 heavy (non-hydrogen) atoms. The van der Waals surface area contributed by atoms with Crippen LogP contribution in [-0.2, 0) is 6.54 Å². The lowest BCUT2D eigenvalue weighted by Gasteiger charge is -2.40. The predicted molar refractivity (Wildman–Crippen MR) is 122 cm³/mol. The Bertz CT molecular complexity index is 705. The number of nitrogens with zero attached hydrogens (tertiary/aromatic N) is 5. The topological polar surface area (TPSA) is 55.8 Å². The number of ether oxygens (including phenoxy) is 2. The van der Waals surface area contributed by atoms with Crippen molar-refractivity contribution in [2.75, 3.05) is 87.7 Å². The molecular formula is C22H38N6O2. The minimum absolute atomic E-state index is 0.516. The van der Waals surface area contributed by atoms with Crippen molar-refractivity contribution >= 4 is 5.96 Å². The van der Waals surface area contributed by atoms with Crippen molar-refractivity contribution in [2.24, 2.45) is 4.99 Å². The zero-order valence-corrected chi connectivity index (χ0v) is 19.2. The fraction of sp³-hybridized carbons (Fsp3) is 0.682. The molecule has 0 saturated carbocycles. The minimum atomic E-state index is 0.516. The lowest BCUT2D eigenvalue weighted by Crippen LogP contribution is -2.57. The van der Waals surface area contributed by atoms with Crippen molar-refractivity contribution in [3.8, 4) is 11.5 Å². The Balaban J connectivity index is 1.50. The van der Waals surface area contributed by atoms with E-state index in [0.717, 1.165) is 81.9 Å². The van der Waals surface area contributed by atoms with E-state index in [1.807, 2.05) is 19.2 Å². The standard InChI is InChI=1S/C22H38N6O2/c1-23-22(24-15-19-17-25(2)8-9-26(19)3)28-12-10-27(11-13-28)16-18-14-20(29-4)6-7-21(18)30-5/h6-7,14,19H,8-13,15-17H2,1-5H3,(H,23,24). The highest BCUT2D eigenvalue weighted by Crippen LogP contribution is 2.25. The molecule has 3 rings (SSSR count). The van der Waals surface area contributed by atoms with Gasteiger partial charge in [-0.25, -0.2) is 0 Å². The highest BCUT2D eigenvalue weighted by molar-refractivity contribution is 5.80. The highest BCUT2D eigenvalue weighted by atomic mass is 16.5. The van der Waals surface area contributed by atoms with Crippen LogP contribution in [0.3, 0.4) is 0 Å². The number of hydrogen-bond acceptors (Lipinski definition) is 6. The summed E-state index contributed by atoms with van der Waals surface area (Å²) in [7, 11) is 9.72. The lowest BCUT2D eigenvalue weighted by atomic mass is 10.1. The molecule has 1 N–H and O–H groups in total. The molecule has 2 aliphatic rings. The number of aliphatic imine (C=N–C) groups is 1. The number of methoxy groups -OCH3 is 2. The van der Waals surface area contributed by atoms with E-state index < -0.39 is 0 Å².